The van der Waals surface area contributed by atoms with E-state index in [1.165, 1.54) is 22.3 Å². The lowest BCUT2D eigenvalue weighted by atomic mass is 9.89. The van der Waals surface area contributed by atoms with Gasteiger partial charge in [-0.2, -0.15) is 0 Å². The molecule has 0 aliphatic carbocycles. The van der Waals surface area contributed by atoms with Crippen molar-refractivity contribution in [3.63, 3.8) is 0 Å². The van der Waals surface area contributed by atoms with Crippen molar-refractivity contribution in [1.29, 1.82) is 0 Å². The van der Waals surface area contributed by atoms with E-state index in [0.29, 0.717) is 9.84 Å². The second kappa shape index (κ2) is 7.24. The van der Waals surface area contributed by atoms with E-state index < -0.39 is 0 Å². The topological polar surface area (TPSA) is 32.6 Å². The predicted octanol–water partition coefficient (Wildman–Crippen LogP) is 5.68. The summed E-state index contributed by atoms with van der Waals surface area (Å²) in [5.41, 5.74) is 6.24. The van der Waals surface area contributed by atoms with Crippen LogP contribution in [0.2, 0.25) is 0 Å². The maximum Gasteiger partial charge on any atom is 0.126 e. The molecule has 0 bridgehead atoms. The summed E-state index contributed by atoms with van der Waals surface area (Å²) in [6, 6.07) is 13.0. The van der Waals surface area contributed by atoms with Crippen LogP contribution < -0.4 is 9.47 Å². The summed E-state index contributed by atoms with van der Waals surface area (Å²) in [7, 11) is 1.70. The smallest absolute Gasteiger partial charge is 0.126 e. The second-order valence-corrected chi connectivity index (χ2v) is 8.46. The summed E-state index contributed by atoms with van der Waals surface area (Å²) in [5.74, 6) is 2.35. The number of allylic oxidation sites excluding steroid dienone is 1. The molecule has 1 fully saturated rings. The number of ether oxygens (including phenoxy) is 2. The summed E-state index contributed by atoms with van der Waals surface area (Å²) in [6.07, 6.45) is 0.975. The Kier molecular flexibility index (Phi) is 4.97. The SMILES string of the molecule is C=C(C)c1ccc(C2C[N-]C(c3ccc(OC)cc3)C2I)c2c1CCO2. The summed E-state index contributed by atoms with van der Waals surface area (Å²) in [4.78, 5) is 0. The molecule has 26 heavy (non-hydrogen) atoms. The third-order valence-electron chi connectivity index (χ3n) is 5.39. The number of rotatable bonds is 4. The largest absolute Gasteiger partial charge is 0.654 e. The molecule has 0 saturated carbocycles. The molecule has 1 saturated heterocycles. The fourth-order valence-corrected chi connectivity index (χ4v) is 5.28. The molecule has 3 atom stereocenters. The van der Waals surface area contributed by atoms with E-state index in [1.807, 2.05) is 12.1 Å². The molecule has 4 heteroatoms. The van der Waals surface area contributed by atoms with Crippen LogP contribution in [0.3, 0.4) is 0 Å². The van der Waals surface area contributed by atoms with E-state index in [1.54, 1.807) is 7.11 Å². The minimum absolute atomic E-state index is 0.212. The molecule has 2 heterocycles. The van der Waals surface area contributed by atoms with Gasteiger partial charge in [0.2, 0.25) is 0 Å². The monoisotopic (exact) mass is 460 g/mol. The van der Waals surface area contributed by atoms with Crippen molar-refractivity contribution in [2.75, 3.05) is 20.3 Å². The van der Waals surface area contributed by atoms with Gasteiger partial charge in [0.25, 0.3) is 0 Å². The van der Waals surface area contributed by atoms with Crippen LogP contribution in [0.15, 0.2) is 43.0 Å². The van der Waals surface area contributed by atoms with Gasteiger partial charge in [0, 0.05) is 15.9 Å². The van der Waals surface area contributed by atoms with Crippen molar-refractivity contribution in [2.45, 2.75) is 29.2 Å². The van der Waals surface area contributed by atoms with Crippen molar-refractivity contribution in [1.82, 2.24) is 0 Å². The zero-order valence-electron chi connectivity index (χ0n) is 15.2. The van der Waals surface area contributed by atoms with Crippen LogP contribution in [0.4, 0.5) is 0 Å². The molecule has 2 aromatic carbocycles. The van der Waals surface area contributed by atoms with E-state index in [9.17, 15) is 0 Å². The zero-order valence-corrected chi connectivity index (χ0v) is 17.3. The zero-order chi connectivity index (χ0) is 18.3. The Morgan fingerprint density at radius 1 is 1.23 bits per heavy atom. The minimum atomic E-state index is 0.212. The van der Waals surface area contributed by atoms with Crippen LogP contribution in [-0.2, 0) is 6.42 Å². The first-order valence-corrected chi connectivity index (χ1v) is 10.2. The number of nitrogens with zero attached hydrogens (tertiary/aromatic N) is 1. The highest BCUT2D eigenvalue weighted by Crippen LogP contribution is 2.50. The predicted molar refractivity (Wildman–Crippen MR) is 115 cm³/mol. The Hall–Kier alpha value is -1.53. The normalized spacial score (nSPS) is 24.2. The van der Waals surface area contributed by atoms with Crippen molar-refractivity contribution < 1.29 is 9.47 Å². The maximum atomic E-state index is 6.05. The van der Waals surface area contributed by atoms with Gasteiger partial charge >= 0.3 is 0 Å². The standard InChI is InChI=1S/C22H23INO2/c1-13(2)16-8-9-17(22-18(16)10-11-26-22)19-12-24-21(20(19)23)14-4-6-15(25-3)7-5-14/h4-9,19-21H,1,10-12H2,2-3H3/q-1. The quantitative estimate of drug-likeness (QED) is 0.435. The Balaban J connectivity index is 1.63. The third kappa shape index (κ3) is 3.03. The lowest BCUT2D eigenvalue weighted by molar-refractivity contribution is 0.352. The van der Waals surface area contributed by atoms with E-state index in [-0.39, 0.29) is 6.04 Å². The van der Waals surface area contributed by atoms with E-state index in [0.717, 1.165) is 36.6 Å². The first-order chi connectivity index (χ1) is 12.6. The number of alkyl halides is 1. The van der Waals surface area contributed by atoms with Crippen LogP contribution in [0, 0.1) is 0 Å². The minimum Gasteiger partial charge on any atom is -0.654 e. The van der Waals surface area contributed by atoms with Crippen molar-refractivity contribution in [3.8, 4) is 11.5 Å². The highest BCUT2D eigenvalue weighted by atomic mass is 127. The molecular formula is C22H23INO2-. The Morgan fingerprint density at radius 2 is 2.00 bits per heavy atom. The summed E-state index contributed by atoms with van der Waals surface area (Å²) < 4.78 is 11.7. The third-order valence-corrected chi connectivity index (χ3v) is 6.94. The van der Waals surface area contributed by atoms with Crippen LogP contribution in [0.25, 0.3) is 10.9 Å². The first-order valence-electron chi connectivity index (χ1n) is 8.99. The molecule has 2 aromatic rings. The fourth-order valence-electron chi connectivity index (χ4n) is 4.02. The Morgan fingerprint density at radius 3 is 2.69 bits per heavy atom. The molecule has 136 valence electrons. The van der Waals surface area contributed by atoms with Gasteiger partial charge in [-0.25, -0.2) is 0 Å². The first kappa shape index (κ1) is 17.9. The summed E-state index contributed by atoms with van der Waals surface area (Å²) >= 11 is 2.57. The van der Waals surface area contributed by atoms with Gasteiger partial charge < -0.3 is 14.8 Å². The number of benzene rings is 2. The lowest BCUT2D eigenvalue weighted by Gasteiger charge is -2.27. The van der Waals surface area contributed by atoms with Crippen molar-refractivity contribution in [2.24, 2.45) is 0 Å². The highest BCUT2D eigenvalue weighted by molar-refractivity contribution is 14.1. The molecule has 3 nitrogen and oxygen atoms in total. The number of fused-ring (bicyclic) bond motifs is 1. The molecule has 2 aliphatic rings. The molecule has 3 unspecified atom stereocenters. The fraction of sp³-hybridized carbons (Fsp3) is 0.364. The number of hydrogen-bond acceptors (Lipinski definition) is 2. The number of methoxy groups -OCH3 is 1. The van der Waals surface area contributed by atoms with E-state index in [4.69, 9.17) is 14.8 Å². The van der Waals surface area contributed by atoms with Crippen LogP contribution >= 0.6 is 22.6 Å². The Bertz CT molecular complexity index is 831. The van der Waals surface area contributed by atoms with Gasteiger partial charge in [0.05, 0.1) is 13.7 Å². The van der Waals surface area contributed by atoms with Crippen molar-refractivity contribution in [3.05, 3.63) is 70.5 Å². The van der Waals surface area contributed by atoms with Gasteiger partial charge in [0.15, 0.2) is 0 Å². The Labute approximate surface area is 168 Å². The second-order valence-electron chi connectivity index (χ2n) is 7.02. The molecule has 0 amide bonds. The van der Waals surface area contributed by atoms with Gasteiger partial charge in [-0.05, 0) is 36.1 Å². The van der Waals surface area contributed by atoms with Gasteiger partial charge in [-0.1, -0.05) is 70.6 Å². The molecule has 0 N–H and O–H groups in total. The van der Waals surface area contributed by atoms with Crippen LogP contribution in [0.1, 0.15) is 41.1 Å². The maximum absolute atomic E-state index is 6.05. The van der Waals surface area contributed by atoms with Gasteiger partial charge in [-0.3, -0.25) is 0 Å². The highest BCUT2D eigenvalue weighted by Gasteiger charge is 2.32. The molecule has 2 aliphatic heterocycles. The van der Waals surface area contributed by atoms with Crippen LogP contribution in [0.5, 0.6) is 11.5 Å². The molecular weight excluding hydrogens is 437 g/mol. The van der Waals surface area contributed by atoms with E-state index in [2.05, 4.69) is 60.4 Å². The van der Waals surface area contributed by atoms with Gasteiger partial charge in [-0.15, -0.1) is 6.54 Å². The van der Waals surface area contributed by atoms with Gasteiger partial charge in [0.1, 0.15) is 11.5 Å². The molecule has 0 spiro atoms. The number of hydrogen-bond donors (Lipinski definition) is 0. The van der Waals surface area contributed by atoms with E-state index >= 15 is 0 Å². The van der Waals surface area contributed by atoms with Crippen LogP contribution in [-0.4, -0.2) is 24.2 Å². The van der Waals surface area contributed by atoms with Crippen molar-refractivity contribution >= 4 is 28.2 Å². The average molecular weight is 460 g/mol. The average Bonchev–Trinajstić information content (AvgIpc) is 3.28. The molecule has 4 rings (SSSR count). The summed E-state index contributed by atoms with van der Waals surface area (Å²) in [6.45, 7) is 7.80. The molecule has 0 radical (unpaired) electrons. The summed E-state index contributed by atoms with van der Waals surface area (Å²) in [5, 5.41) is 4.96. The number of halogens is 1. The lowest BCUT2D eigenvalue weighted by Crippen LogP contribution is -2.13. The molecule has 0 aromatic heterocycles.